The van der Waals surface area contributed by atoms with E-state index >= 15 is 0 Å². The second-order valence-electron chi connectivity index (χ2n) is 6.44. The van der Waals surface area contributed by atoms with Crippen molar-refractivity contribution in [2.75, 3.05) is 6.79 Å². The number of ether oxygens (including phenoxy) is 2. The fraction of sp³-hybridized carbons (Fsp3) is 0.200. The SMILES string of the molecule is NC(=O)c1nc(CNC(=O)CC(c2ccccc2)c2ccc3c(c2)OCO3)no1. The summed E-state index contributed by atoms with van der Waals surface area (Å²) >= 11 is 0. The summed E-state index contributed by atoms with van der Waals surface area (Å²) in [6.07, 6.45) is 0.199. The van der Waals surface area contributed by atoms with Crippen molar-refractivity contribution < 1.29 is 23.6 Å². The van der Waals surface area contributed by atoms with Crippen LogP contribution in [0.1, 0.15) is 40.0 Å². The average molecular weight is 394 g/mol. The first kappa shape index (κ1) is 18.5. The molecular weight excluding hydrogens is 376 g/mol. The van der Waals surface area contributed by atoms with Gasteiger partial charge in [-0.1, -0.05) is 41.6 Å². The number of primary amides is 1. The van der Waals surface area contributed by atoms with Crippen LogP contribution in [0.15, 0.2) is 53.1 Å². The van der Waals surface area contributed by atoms with E-state index in [-0.39, 0.29) is 43.3 Å². The van der Waals surface area contributed by atoms with Crippen LogP contribution in [0, 0.1) is 0 Å². The third-order valence-electron chi connectivity index (χ3n) is 4.51. The summed E-state index contributed by atoms with van der Waals surface area (Å²) < 4.78 is 15.5. The molecule has 1 aliphatic rings. The fourth-order valence-corrected chi connectivity index (χ4v) is 3.10. The van der Waals surface area contributed by atoms with E-state index in [9.17, 15) is 9.59 Å². The third kappa shape index (κ3) is 4.18. The Morgan fingerprint density at radius 3 is 2.62 bits per heavy atom. The Morgan fingerprint density at radius 2 is 1.86 bits per heavy atom. The maximum atomic E-state index is 12.6. The second kappa shape index (κ2) is 8.01. The predicted molar refractivity (Wildman–Crippen MR) is 100 cm³/mol. The van der Waals surface area contributed by atoms with E-state index in [1.165, 1.54) is 0 Å². The Hall–Kier alpha value is -3.88. The number of hydrogen-bond acceptors (Lipinski definition) is 7. The molecule has 3 N–H and O–H groups in total. The molecule has 0 fully saturated rings. The lowest BCUT2D eigenvalue weighted by Crippen LogP contribution is -2.25. The topological polar surface area (TPSA) is 130 Å². The lowest BCUT2D eigenvalue weighted by Gasteiger charge is -2.18. The number of fused-ring (bicyclic) bond motifs is 1. The van der Waals surface area contributed by atoms with Crippen LogP contribution in [-0.4, -0.2) is 28.7 Å². The number of rotatable bonds is 7. The van der Waals surface area contributed by atoms with E-state index in [0.29, 0.717) is 11.5 Å². The van der Waals surface area contributed by atoms with Gasteiger partial charge >= 0.3 is 11.8 Å². The van der Waals surface area contributed by atoms with Gasteiger partial charge in [0, 0.05) is 12.3 Å². The van der Waals surface area contributed by atoms with Crippen LogP contribution >= 0.6 is 0 Å². The molecule has 0 saturated heterocycles. The third-order valence-corrected chi connectivity index (χ3v) is 4.51. The Kier molecular flexibility index (Phi) is 5.10. The van der Waals surface area contributed by atoms with Crippen LogP contribution in [0.3, 0.4) is 0 Å². The zero-order valence-corrected chi connectivity index (χ0v) is 15.3. The number of carbonyl (C=O) groups excluding carboxylic acids is 2. The summed E-state index contributed by atoms with van der Waals surface area (Å²) in [6, 6.07) is 15.4. The molecule has 0 bridgehead atoms. The largest absolute Gasteiger partial charge is 0.454 e. The maximum absolute atomic E-state index is 12.6. The predicted octanol–water partition coefficient (Wildman–Crippen LogP) is 1.74. The molecule has 1 aliphatic heterocycles. The normalized spacial score (nSPS) is 13.1. The first-order valence-corrected chi connectivity index (χ1v) is 8.94. The van der Waals surface area contributed by atoms with Crippen LogP contribution in [0.25, 0.3) is 0 Å². The monoisotopic (exact) mass is 394 g/mol. The number of benzene rings is 2. The van der Waals surface area contributed by atoms with Gasteiger partial charge in [-0.2, -0.15) is 4.98 Å². The van der Waals surface area contributed by atoms with E-state index in [4.69, 9.17) is 19.7 Å². The summed E-state index contributed by atoms with van der Waals surface area (Å²) in [5.74, 6) is 0.0198. The summed E-state index contributed by atoms with van der Waals surface area (Å²) in [6.45, 7) is 0.214. The van der Waals surface area contributed by atoms with Gasteiger partial charge in [-0.3, -0.25) is 9.59 Å². The minimum atomic E-state index is -0.818. The van der Waals surface area contributed by atoms with Gasteiger partial charge in [0.2, 0.25) is 12.7 Å². The molecule has 1 unspecified atom stereocenters. The van der Waals surface area contributed by atoms with Crippen molar-refractivity contribution >= 4 is 11.8 Å². The van der Waals surface area contributed by atoms with Crippen molar-refractivity contribution in [3.05, 3.63) is 71.4 Å². The van der Waals surface area contributed by atoms with Crippen LogP contribution < -0.4 is 20.5 Å². The number of amides is 2. The Bertz CT molecular complexity index is 1030. The Labute approximate surface area is 165 Å². The maximum Gasteiger partial charge on any atom is 0.315 e. The first-order valence-electron chi connectivity index (χ1n) is 8.94. The van der Waals surface area contributed by atoms with Gasteiger partial charge in [-0.05, 0) is 23.3 Å². The van der Waals surface area contributed by atoms with E-state index < -0.39 is 5.91 Å². The highest BCUT2D eigenvalue weighted by Gasteiger charge is 2.22. The smallest absolute Gasteiger partial charge is 0.315 e. The minimum absolute atomic E-state index is 0.0261. The van der Waals surface area contributed by atoms with E-state index in [1.807, 2.05) is 48.5 Å². The lowest BCUT2D eigenvalue weighted by molar-refractivity contribution is -0.121. The minimum Gasteiger partial charge on any atom is -0.454 e. The number of nitrogens with zero attached hydrogens (tertiary/aromatic N) is 2. The van der Waals surface area contributed by atoms with Gasteiger partial charge in [0.05, 0.1) is 6.54 Å². The highest BCUT2D eigenvalue weighted by Crippen LogP contribution is 2.37. The van der Waals surface area contributed by atoms with Crippen molar-refractivity contribution in [2.45, 2.75) is 18.9 Å². The molecule has 3 aromatic rings. The van der Waals surface area contributed by atoms with Crippen molar-refractivity contribution in [2.24, 2.45) is 5.73 Å². The highest BCUT2D eigenvalue weighted by molar-refractivity contribution is 5.87. The molecule has 148 valence electrons. The molecule has 1 atom stereocenters. The van der Waals surface area contributed by atoms with Gasteiger partial charge in [-0.15, -0.1) is 0 Å². The summed E-state index contributed by atoms with van der Waals surface area (Å²) in [5.41, 5.74) is 7.01. The molecule has 0 aliphatic carbocycles. The molecule has 2 aromatic carbocycles. The zero-order chi connectivity index (χ0) is 20.2. The van der Waals surface area contributed by atoms with Crippen molar-refractivity contribution in [1.29, 1.82) is 0 Å². The van der Waals surface area contributed by atoms with Gasteiger partial charge in [0.1, 0.15) is 0 Å². The number of hydrogen-bond donors (Lipinski definition) is 2. The summed E-state index contributed by atoms with van der Waals surface area (Å²) in [5, 5.41) is 6.35. The quantitative estimate of drug-likeness (QED) is 0.624. The van der Waals surface area contributed by atoms with Crippen LogP contribution in [0.5, 0.6) is 11.5 Å². The number of nitrogens with two attached hydrogens (primary N) is 1. The number of nitrogens with one attached hydrogen (secondary N) is 1. The van der Waals surface area contributed by atoms with Crippen molar-refractivity contribution in [3.63, 3.8) is 0 Å². The first-order chi connectivity index (χ1) is 14.1. The van der Waals surface area contributed by atoms with E-state index in [0.717, 1.165) is 11.1 Å². The van der Waals surface area contributed by atoms with Crippen LogP contribution in [0.2, 0.25) is 0 Å². The second-order valence-corrected chi connectivity index (χ2v) is 6.44. The Balaban J connectivity index is 1.49. The molecule has 9 heteroatoms. The molecule has 0 radical (unpaired) electrons. The van der Waals surface area contributed by atoms with Gasteiger partial charge < -0.3 is 25.0 Å². The molecule has 9 nitrogen and oxygen atoms in total. The number of carbonyl (C=O) groups is 2. The van der Waals surface area contributed by atoms with E-state index in [2.05, 4.69) is 15.5 Å². The highest BCUT2D eigenvalue weighted by atomic mass is 16.7. The number of aromatic nitrogens is 2. The average Bonchev–Trinajstić information content (AvgIpc) is 3.40. The summed E-state index contributed by atoms with van der Waals surface area (Å²) in [7, 11) is 0. The zero-order valence-electron chi connectivity index (χ0n) is 15.3. The lowest BCUT2D eigenvalue weighted by atomic mass is 9.88. The van der Waals surface area contributed by atoms with Crippen molar-refractivity contribution in [1.82, 2.24) is 15.5 Å². The Morgan fingerprint density at radius 1 is 1.07 bits per heavy atom. The molecule has 29 heavy (non-hydrogen) atoms. The van der Waals surface area contributed by atoms with Gasteiger partial charge in [-0.25, -0.2) is 0 Å². The van der Waals surface area contributed by atoms with Crippen molar-refractivity contribution in [3.8, 4) is 11.5 Å². The molecule has 0 saturated carbocycles. The molecule has 2 amide bonds. The van der Waals surface area contributed by atoms with Gasteiger partial charge in [0.25, 0.3) is 0 Å². The summed E-state index contributed by atoms with van der Waals surface area (Å²) in [4.78, 5) is 27.4. The van der Waals surface area contributed by atoms with Gasteiger partial charge in [0.15, 0.2) is 17.3 Å². The van der Waals surface area contributed by atoms with E-state index in [1.54, 1.807) is 0 Å². The van der Waals surface area contributed by atoms with Crippen LogP contribution in [0.4, 0.5) is 0 Å². The standard InChI is InChI=1S/C20H18N4O5/c21-19(26)20-23-17(24-29-20)10-22-18(25)9-14(12-4-2-1-3-5-12)13-6-7-15-16(8-13)28-11-27-15/h1-8,14H,9-11H2,(H2,21,26)(H,22,25). The molecule has 1 aromatic heterocycles. The molecule has 4 rings (SSSR count). The fourth-order valence-electron chi connectivity index (χ4n) is 3.10. The molecule has 0 spiro atoms. The molecular formula is C20H18N4O5. The van der Waals surface area contributed by atoms with Crippen LogP contribution in [-0.2, 0) is 11.3 Å². The molecule has 2 heterocycles.